The van der Waals surface area contributed by atoms with Gasteiger partial charge in [-0.1, -0.05) is 31.4 Å². The molecule has 2 aliphatic rings. The third-order valence-corrected chi connectivity index (χ3v) is 6.07. The molecular weight excluding hydrogens is 436 g/mol. The summed E-state index contributed by atoms with van der Waals surface area (Å²) in [7, 11) is 0. The largest absolute Gasteiger partial charge is 0.454 e. The van der Waals surface area contributed by atoms with Crippen LogP contribution in [0.1, 0.15) is 50.5 Å². The van der Waals surface area contributed by atoms with Gasteiger partial charge in [0.2, 0.25) is 24.5 Å². The molecule has 1 aliphatic heterocycles. The fraction of sp³-hybridized carbons (Fsp3) is 0.440. The van der Waals surface area contributed by atoms with Crippen LogP contribution in [-0.4, -0.2) is 47.0 Å². The van der Waals surface area contributed by atoms with E-state index in [9.17, 15) is 14.4 Å². The monoisotopic (exact) mass is 466 g/mol. The van der Waals surface area contributed by atoms with Gasteiger partial charge < -0.3 is 25.0 Å². The van der Waals surface area contributed by atoms with Crippen LogP contribution >= 0.6 is 0 Å². The predicted molar refractivity (Wildman–Crippen MR) is 125 cm³/mol. The molecule has 1 fully saturated rings. The van der Waals surface area contributed by atoms with E-state index >= 15 is 0 Å². The average Bonchev–Trinajstić information content (AvgIpc) is 3.34. The fourth-order valence-electron chi connectivity index (χ4n) is 4.28. The van der Waals surface area contributed by atoms with Crippen molar-refractivity contribution in [2.45, 2.75) is 57.5 Å². The van der Waals surface area contributed by atoms with Crippen molar-refractivity contribution in [3.05, 3.63) is 48.2 Å². The minimum atomic E-state index is -0.275. The van der Waals surface area contributed by atoms with Crippen LogP contribution in [0.4, 0.5) is 5.82 Å². The van der Waals surface area contributed by atoms with Gasteiger partial charge in [0, 0.05) is 31.6 Å². The van der Waals surface area contributed by atoms with Crippen LogP contribution in [0.25, 0.3) is 0 Å². The summed E-state index contributed by atoms with van der Waals surface area (Å²) in [6.45, 7) is 0.508. The Morgan fingerprint density at radius 2 is 1.79 bits per heavy atom. The summed E-state index contributed by atoms with van der Waals surface area (Å²) in [5, 5.41) is 5.59. The molecule has 0 spiro atoms. The lowest BCUT2D eigenvalue weighted by Crippen LogP contribution is -2.47. The standard InChI is InChI=1S/C25H30N4O5/c30-23(28-22-8-4-5-13-26-22)11-12-25(32)29(19-6-2-1-3-7-19)16-24(31)27-15-18-9-10-20-21(14-18)34-17-33-20/h4-5,8-10,13-14,19H,1-3,6-7,11-12,15-17H2,(H,27,31)(H,26,28,30). The Hall–Kier alpha value is -3.62. The first-order valence-corrected chi connectivity index (χ1v) is 11.7. The highest BCUT2D eigenvalue weighted by atomic mass is 16.7. The molecule has 0 saturated heterocycles. The molecule has 1 aromatic heterocycles. The van der Waals surface area contributed by atoms with Crippen LogP contribution in [-0.2, 0) is 20.9 Å². The van der Waals surface area contributed by atoms with E-state index in [4.69, 9.17) is 9.47 Å². The number of nitrogens with zero attached hydrogens (tertiary/aromatic N) is 2. The normalized spacial score (nSPS) is 14.9. The minimum absolute atomic E-state index is 0.0179. The number of nitrogens with one attached hydrogen (secondary N) is 2. The number of amides is 3. The highest BCUT2D eigenvalue weighted by Gasteiger charge is 2.27. The molecule has 4 rings (SSSR count). The van der Waals surface area contributed by atoms with Crippen molar-refractivity contribution < 1.29 is 23.9 Å². The minimum Gasteiger partial charge on any atom is -0.454 e. The van der Waals surface area contributed by atoms with Crippen LogP contribution < -0.4 is 20.1 Å². The highest BCUT2D eigenvalue weighted by molar-refractivity contribution is 5.93. The van der Waals surface area contributed by atoms with E-state index in [2.05, 4.69) is 15.6 Å². The van der Waals surface area contributed by atoms with Crippen molar-refractivity contribution in [1.29, 1.82) is 0 Å². The van der Waals surface area contributed by atoms with Gasteiger partial charge in [-0.05, 0) is 42.7 Å². The van der Waals surface area contributed by atoms with Crippen molar-refractivity contribution >= 4 is 23.5 Å². The predicted octanol–water partition coefficient (Wildman–Crippen LogP) is 3.01. The number of benzene rings is 1. The molecule has 0 atom stereocenters. The van der Waals surface area contributed by atoms with E-state index in [1.807, 2.05) is 18.2 Å². The van der Waals surface area contributed by atoms with Crippen molar-refractivity contribution in [3.63, 3.8) is 0 Å². The maximum atomic E-state index is 13.1. The number of carbonyl (C=O) groups is 3. The Balaban J connectivity index is 1.31. The molecule has 0 bridgehead atoms. The van der Waals surface area contributed by atoms with Crippen molar-refractivity contribution in [3.8, 4) is 11.5 Å². The van der Waals surface area contributed by atoms with E-state index in [0.29, 0.717) is 23.9 Å². The van der Waals surface area contributed by atoms with Gasteiger partial charge in [-0.25, -0.2) is 4.98 Å². The molecule has 180 valence electrons. The molecule has 1 saturated carbocycles. The first-order valence-electron chi connectivity index (χ1n) is 11.7. The summed E-state index contributed by atoms with van der Waals surface area (Å²) in [5.41, 5.74) is 0.888. The molecule has 1 aromatic carbocycles. The zero-order chi connectivity index (χ0) is 23.8. The molecule has 2 heterocycles. The number of ether oxygens (including phenoxy) is 2. The van der Waals surface area contributed by atoms with Crippen molar-refractivity contribution in [2.24, 2.45) is 0 Å². The number of aromatic nitrogens is 1. The molecule has 0 radical (unpaired) electrons. The maximum Gasteiger partial charge on any atom is 0.239 e. The third-order valence-electron chi connectivity index (χ3n) is 6.07. The number of rotatable bonds is 9. The number of carbonyl (C=O) groups excluding carboxylic acids is 3. The lowest BCUT2D eigenvalue weighted by Gasteiger charge is -2.34. The second-order valence-electron chi connectivity index (χ2n) is 8.54. The molecule has 1 aliphatic carbocycles. The fourth-order valence-corrected chi connectivity index (χ4v) is 4.28. The number of anilines is 1. The summed E-state index contributed by atoms with van der Waals surface area (Å²) < 4.78 is 10.7. The Morgan fingerprint density at radius 1 is 0.971 bits per heavy atom. The van der Waals surface area contributed by atoms with Gasteiger partial charge in [0.15, 0.2) is 11.5 Å². The van der Waals surface area contributed by atoms with E-state index in [1.165, 1.54) is 0 Å². The lowest BCUT2D eigenvalue weighted by atomic mass is 9.94. The third kappa shape index (κ3) is 6.46. The SMILES string of the molecule is O=C(CN(C(=O)CCC(=O)Nc1ccccn1)C1CCCCC1)NCc1ccc2c(c1)OCO2. The summed E-state index contributed by atoms with van der Waals surface area (Å²) in [6.07, 6.45) is 6.64. The zero-order valence-electron chi connectivity index (χ0n) is 19.1. The van der Waals surface area contributed by atoms with Crippen LogP contribution in [0, 0.1) is 0 Å². The second-order valence-corrected chi connectivity index (χ2v) is 8.54. The molecule has 34 heavy (non-hydrogen) atoms. The van der Waals surface area contributed by atoms with E-state index in [-0.39, 0.29) is 49.9 Å². The lowest BCUT2D eigenvalue weighted by molar-refractivity contribution is -0.139. The summed E-state index contributed by atoms with van der Waals surface area (Å²) >= 11 is 0. The van der Waals surface area contributed by atoms with Gasteiger partial charge in [0.1, 0.15) is 5.82 Å². The molecule has 2 aromatic rings. The maximum absolute atomic E-state index is 13.1. The Morgan fingerprint density at radius 3 is 2.59 bits per heavy atom. The molecule has 3 amide bonds. The molecule has 9 heteroatoms. The van der Waals surface area contributed by atoms with Crippen LogP contribution in [0.15, 0.2) is 42.6 Å². The van der Waals surface area contributed by atoms with E-state index < -0.39 is 0 Å². The van der Waals surface area contributed by atoms with Crippen LogP contribution in [0.2, 0.25) is 0 Å². The topological polar surface area (TPSA) is 110 Å². The van der Waals surface area contributed by atoms with E-state index in [0.717, 1.165) is 37.7 Å². The highest BCUT2D eigenvalue weighted by Crippen LogP contribution is 2.32. The summed E-state index contributed by atoms with van der Waals surface area (Å²) in [5.74, 6) is 1.12. The first kappa shape index (κ1) is 23.5. The Labute approximate surface area is 198 Å². The van der Waals surface area contributed by atoms with Crippen molar-refractivity contribution in [2.75, 3.05) is 18.7 Å². The molecular formula is C25H30N4O5. The van der Waals surface area contributed by atoms with Crippen LogP contribution in [0.5, 0.6) is 11.5 Å². The molecule has 2 N–H and O–H groups in total. The Kier molecular flexibility index (Phi) is 7.95. The van der Waals surface area contributed by atoms with Crippen LogP contribution in [0.3, 0.4) is 0 Å². The zero-order valence-corrected chi connectivity index (χ0v) is 19.1. The van der Waals surface area contributed by atoms with Gasteiger partial charge in [-0.3, -0.25) is 14.4 Å². The average molecular weight is 467 g/mol. The van der Waals surface area contributed by atoms with Gasteiger partial charge in [0.25, 0.3) is 0 Å². The number of hydrogen-bond donors (Lipinski definition) is 2. The number of pyridine rings is 1. The Bertz CT molecular complexity index is 1010. The number of fused-ring (bicyclic) bond motifs is 1. The number of hydrogen-bond acceptors (Lipinski definition) is 6. The second kappa shape index (κ2) is 11.5. The van der Waals surface area contributed by atoms with Gasteiger partial charge in [-0.15, -0.1) is 0 Å². The summed E-state index contributed by atoms with van der Waals surface area (Å²) in [4.78, 5) is 43.8. The van der Waals surface area contributed by atoms with Crippen molar-refractivity contribution in [1.82, 2.24) is 15.2 Å². The summed E-state index contributed by atoms with van der Waals surface area (Å²) in [6, 6.07) is 10.8. The quantitative estimate of drug-likeness (QED) is 0.588. The van der Waals surface area contributed by atoms with E-state index in [1.54, 1.807) is 29.3 Å². The first-order chi connectivity index (χ1) is 16.6. The molecule has 0 unspecified atom stereocenters. The molecule has 9 nitrogen and oxygen atoms in total. The van der Waals surface area contributed by atoms with Gasteiger partial charge >= 0.3 is 0 Å². The van der Waals surface area contributed by atoms with Gasteiger partial charge in [0.05, 0.1) is 6.54 Å². The smallest absolute Gasteiger partial charge is 0.239 e. The van der Waals surface area contributed by atoms with Gasteiger partial charge in [-0.2, -0.15) is 0 Å².